The molecule has 2 unspecified atom stereocenters. The monoisotopic (exact) mass is 452 g/mol. The van der Waals surface area contributed by atoms with E-state index in [2.05, 4.69) is 94.5 Å². The Morgan fingerprint density at radius 1 is 1.10 bits per heavy atom. The van der Waals surface area contributed by atoms with E-state index in [0.717, 1.165) is 32.3 Å². The summed E-state index contributed by atoms with van der Waals surface area (Å²) in [6.45, 7) is 12.6. The van der Waals surface area contributed by atoms with Crippen LogP contribution >= 0.6 is 8.58 Å². The average Bonchev–Trinajstić information content (AvgIpc) is 3.50. The van der Waals surface area contributed by atoms with Crippen molar-refractivity contribution in [2.75, 3.05) is 6.61 Å². The normalized spacial score (nSPS) is 25.6. The molecule has 3 atom stereocenters. The molecule has 166 valence electrons. The minimum Gasteiger partial charge on any atom is -0.414 e. The van der Waals surface area contributed by atoms with Gasteiger partial charge in [-0.3, -0.25) is 0 Å². The Morgan fingerprint density at radius 2 is 1.77 bits per heavy atom. The van der Waals surface area contributed by atoms with Gasteiger partial charge in [0.25, 0.3) is 0 Å². The van der Waals surface area contributed by atoms with Gasteiger partial charge in [-0.25, -0.2) is 0 Å². The highest BCUT2D eigenvalue weighted by molar-refractivity contribution is 7.55. The SMILES string of the molecule is CC(C)(C)[Si](C)(C)O[C@H]1CCC2(CO2)/C(=C\Cc2ccccc2Pc2ccccc2)C1. The molecule has 1 spiro atoms. The van der Waals surface area contributed by atoms with Gasteiger partial charge in [0.05, 0.1) is 6.61 Å². The van der Waals surface area contributed by atoms with Gasteiger partial charge in [-0.05, 0) is 65.6 Å². The van der Waals surface area contributed by atoms with E-state index in [-0.39, 0.29) is 10.6 Å². The summed E-state index contributed by atoms with van der Waals surface area (Å²) >= 11 is 0. The third kappa shape index (κ3) is 5.39. The van der Waals surface area contributed by atoms with Gasteiger partial charge in [0.1, 0.15) is 5.60 Å². The van der Waals surface area contributed by atoms with Gasteiger partial charge < -0.3 is 9.16 Å². The molecule has 1 heterocycles. The molecule has 2 aliphatic rings. The molecule has 0 radical (unpaired) electrons. The lowest BCUT2D eigenvalue weighted by atomic mass is 9.82. The minimum absolute atomic E-state index is 0.0178. The third-order valence-electron chi connectivity index (χ3n) is 7.30. The summed E-state index contributed by atoms with van der Waals surface area (Å²) in [5.41, 5.74) is 2.92. The predicted octanol–water partition coefficient (Wildman–Crippen LogP) is 6.13. The molecule has 2 aromatic rings. The molecular weight excluding hydrogens is 415 g/mol. The average molecular weight is 453 g/mol. The van der Waals surface area contributed by atoms with E-state index in [4.69, 9.17) is 9.16 Å². The van der Waals surface area contributed by atoms with Gasteiger partial charge in [0.2, 0.25) is 0 Å². The zero-order valence-electron chi connectivity index (χ0n) is 19.7. The maximum atomic E-state index is 6.79. The molecule has 0 amide bonds. The van der Waals surface area contributed by atoms with Crippen LogP contribution in [0.5, 0.6) is 0 Å². The Balaban J connectivity index is 1.49. The Labute approximate surface area is 191 Å². The Bertz CT molecular complexity index is 926. The third-order valence-corrected chi connectivity index (χ3v) is 13.2. The van der Waals surface area contributed by atoms with E-state index in [0.29, 0.717) is 14.7 Å². The highest BCUT2D eigenvalue weighted by Crippen LogP contribution is 2.48. The number of allylic oxidation sites excluding steroid dienone is 1. The highest BCUT2D eigenvalue weighted by atomic mass is 31.1. The minimum atomic E-state index is -1.75. The van der Waals surface area contributed by atoms with Crippen LogP contribution < -0.4 is 10.6 Å². The standard InChI is InChI=1S/C27H37O2PSi/c1-26(2,3)31(4,5)29-23-17-18-27(20-28-27)22(19-23)16-15-21-11-9-10-14-25(21)30-24-12-7-6-8-13-24/h6-14,16,23,30H,15,17-20H2,1-5H3/b22-16-/t23-,27?/m0/s1. The van der Waals surface area contributed by atoms with Gasteiger partial charge in [0.15, 0.2) is 8.32 Å². The molecule has 0 aromatic heterocycles. The zero-order chi connectivity index (χ0) is 22.1. The van der Waals surface area contributed by atoms with Crippen molar-refractivity contribution < 1.29 is 9.16 Å². The predicted molar refractivity (Wildman–Crippen MR) is 137 cm³/mol. The first-order valence-electron chi connectivity index (χ1n) is 11.6. The van der Waals surface area contributed by atoms with Crippen LogP contribution in [0.15, 0.2) is 66.2 Å². The van der Waals surface area contributed by atoms with Crippen molar-refractivity contribution in [2.45, 2.75) is 76.3 Å². The molecular formula is C27H37O2PSi. The van der Waals surface area contributed by atoms with Crippen LogP contribution in [0.3, 0.4) is 0 Å². The van der Waals surface area contributed by atoms with Crippen LogP contribution in [0.1, 0.15) is 45.6 Å². The summed E-state index contributed by atoms with van der Waals surface area (Å²) in [6, 6.07) is 19.7. The van der Waals surface area contributed by atoms with E-state index in [1.165, 1.54) is 21.7 Å². The second-order valence-corrected chi connectivity index (χ2v) is 16.7. The van der Waals surface area contributed by atoms with Crippen LogP contribution in [0, 0.1) is 0 Å². The highest BCUT2D eigenvalue weighted by Gasteiger charge is 2.52. The fourth-order valence-electron chi connectivity index (χ4n) is 4.20. The second-order valence-electron chi connectivity index (χ2n) is 10.6. The van der Waals surface area contributed by atoms with E-state index >= 15 is 0 Å². The molecule has 0 bridgehead atoms. The summed E-state index contributed by atoms with van der Waals surface area (Å²) in [6.07, 6.45) is 7.02. The summed E-state index contributed by atoms with van der Waals surface area (Å²) in [7, 11) is -1.06. The number of rotatable bonds is 6. The quantitative estimate of drug-likeness (QED) is 0.228. The first-order chi connectivity index (χ1) is 14.7. The molecule has 2 fully saturated rings. The first kappa shape index (κ1) is 22.9. The van der Waals surface area contributed by atoms with Crippen molar-refractivity contribution in [2.24, 2.45) is 0 Å². The lowest BCUT2D eigenvalue weighted by Gasteiger charge is -2.41. The van der Waals surface area contributed by atoms with E-state index in [9.17, 15) is 0 Å². The van der Waals surface area contributed by atoms with Crippen molar-refractivity contribution in [3.8, 4) is 0 Å². The number of hydrogen-bond donors (Lipinski definition) is 0. The van der Waals surface area contributed by atoms with Crippen molar-refractivity contribution in [1.29, 1.82) is 0 Å². The summed E-state index contributed by atoms with van der Waals surface area (Å²) in [5.74, 6) is 0. The van der Waals surface area contributed by atoms with Gasteiger partial charge in [-0.15, -0.1) is 0 Å². The Kier molecular flexibility index (Phi) is 6.61. The molecule has 2 aromatic carbocycles. The van der Waals surface area contributed by atoms with Crippen molar-refractivity contribution in [1.82, 2.24) is 0 Å². The number of epoxide rings is 1. The Hall–Kier alpha value is -1.25. The van der Waals surface area contributed by atoms with Crippen LogP contribution in [0.25, 0.3) is 0 Å². The summed E-state index contributed by atoms with van der Waals surface area (Å²) in [4.78, 5) is 0. The molecule has 1 aliphatic carbocycles. The largest absolute Gasteiger partial charge is 0.414 e. The van der Waals surface area contributed by atoms with Crippen LogP contribution in [0.4, 0.5) is 0 Å². The molecule has 2 nitrogen and oxygen atoms in total. The molecule has 1 saturated carbocycles. The molecule has 4 heteroatoms. The van der Waals surface area contributed by atoms with Crippen LogP contribution in [-0.4, -0.2) is 26.6 Å². The van der Waals surface area contributed by atoms with Gasteiger partial charge in [0, 0.05) is 6.10 Å². The summed E-state index contributed by atoms with van der Waals surface area (Å²) in [5, 5.41) is 3.09. The fraction of sp³-hybridized carbons (Fsp3) is 0.481. The smallest absolute Gasteiger partial charge is 0.192 e. The number of ether oxygens (including phenoxy) is 1. The van der Waals surface area contributed by atoms with Gasteiger partial charge in [-0.2, -0.15) is 0 Å². The lowest BCUT2D eigenvalue weighted by Crippen LogP contribution is -2.45. The second kappa shape index (κ2) is 8.94. The maximum absolute atomic E-state index is 6.79. The molecule has 4 rings (SSSR count). The van der Waals surface area contributed by atoms with Crippen molar-refractivity contribution >= 4 is 27.5 Å². The van der Waals surface area contributed by atoms with E-state index in [1.807, 2.05) is 0 Å². The Morgan fingerprint density at radius 3 is 2.45 bits per heavy atom. The number of benzene rings is 2. The number of hydrogen-bond acceptors (Lipinski definition) is 2. The molecule has 1 saturated heterocycles. The van der Waals surface area contributed by atoms with Crippen LogP contribution in [0.2, 0.25) is 18.1 Å². The topological polar surface area (TPSA) is 21.8 Å². The summed E-state index contributed by atoms with van der Waals surface area (Å²) < 4.78 is 12.8. The maximum Gasteiger partial charge on any atom is 0.192 e. The fourth-order valence-corrected chi connectivity index (χ4v) is 6.78. The van der Waals surface area contributed by atoms with E-state index in [1.54, 1.807) is 0 Å². The van der Waals surface area contributed by atoms with Gasteiger partial charge in [-0.1, -0.05) is 90.0 Å². The lowest BCUT2D eigenvalue weighted by molar-refractivity contribution is 0.130. The first-order valence-corrected chi connectivity index (χ1v) is 15.5. The van der Waals surface area contributed by atoms with Gasteiger partial charge >= 0.3 is 0 Å². The molecule has 31 heavy (non-hydrogen) atoms. The zero-order valence-corrected chi connectivity index (χ0v) is 21.7. The van der Waals surface area contributed by atoms with E-state index < -0.39 is 8.32 Å². The van der Waals surface area contributed by atoms with Crippen molar-refractivity contribution in [3.05, 3.63) is 71.8 Å². The molecule has 0 N–H and O–H groups in total. The van der Waals surface area contributed by atoms with Crippen LogP contribution in [-0.2, 0) is 15.6 Å². The molecule has 1 aliphatic heterocycles. The van der Waals surface area contributed by atoms with Crippen molar-refractivity contribution in [3.63, 3.8) is 0 Å².